The fraction of sp³-hybridized carbons (Fsp3) is 0.455. The maximum Gasteiger partial charge on any atom is 0.272 e. The van der Waals surface area contributed by atoms with Crippen molar-refractivity contribution in [3.63, 3.8) is 0 Å². The van der Waals surface area contributed by atoms with E-state index in [4.69, 9.17) is 0 Å². The summed E-state index contributed by atoms with van der Waals surface area (Å²) in [7, 11) is 0. The van der Waals surface area contributed by atoms with E-state index in [2.05, 4.69) is 5.32 Å². The van der Waals surface area contributed by atoms with Crippen molar-refractivity contribution in [2.45, 2.75) is 18.8 Å². The minimum Gasteiger partial charge on any atom is -0.316 e. The van der Waals surface area contributed by atoms with Gasteiger partial charge < -0.3 is 5.32 Å². The summed E-state index contributed by atoms with van der Waals surface area (Å²) in [5, 5.41) is 13.7. The number of nitro groups is 1. The summed E-state index contributed by atoms with van der Waals surface area (Å²) in [5.41, 5.74) is 0.391. The number of nitrogens with one attached hydrogen (secondary N) is 1. The van der Waals surface area contributed by atoms with E-state index in [0.29, 0.717) is 5.56 Å². The fourth-order valence-corrected chi connectivity index (χ4v) is 2.08. The highest BCUT2D eigenvalue weighted by atomic mass is 19.1. The van der Waals surface area contributed by atoms with E-state index in [1.807, 2.05) is 0 Å². The van der Waals surface area contributed by atoms with Gasteiger partial charge >= 0.3 is 0 Å². The molecule has 1 unspecified atom stereocenters. The Bertz CT molecular complexity index is 403. The highest BCUT2D eigenvalue weighted by Gasteiger charge is 2.20. The topological polar surface area (TPSA) is 55.2 Å². The van der Waals surface area contributed by atoms with Gasteiger partial charge in [0.2, 0.25) is 0 Å². The highest BCUT2D eigenvalue weighted by Crippen LogP contribution is 2.27. The van der Waals surface area contributed by atoms with Crippen molar-refractivity contribution in [1.29, 1.82) is 0 Å². The van der Waals surface area contributed by atoms with E-state index in [-0.39, 0.29) is 11.6 Å². The largest absolute Gasteiger partial charge is 0.316 e. The summed E-state index contributed by atoms with van der Waals surface area (Å²) < 4.78 is 13.7. The first kappa shape index (κ1) is 11.0. The number of halogens is 1. The van der Waals surface area contributed by atoms with Gasteiger partial charge in [-0.2, -0.15) is 0 Å². The van der Waals surface area contributed by atoms with Gasteiger partial charge in [-0.15, -0.1) is 0 Å². The Balaban J connectivity index is 2.24. The number of hydrogen-bond acceptors (Lipinski definition) is 3. The van der Waals surface area contributed by atoms with Crippen molar-refractivity contribution in [2.24, 2.45) is 0 Å². The van der Waals surface area contributed by atoms with Gasteiger partial charge in [0.1, 0.15) is 5.82 Å². The maximum atomic E-state index is 13.7. The Morgan fingerprint density at radius 1 is 1.50 bits per heavy atom. The van der Waals surface area contributed by atoms with Crippen LogP contribution in [0, 0.1) is 15.9 Å². The second-order valence-corrected chi connectivity index (χ2v) is 4.01. The number of nitrogens with zero attached hydrogens (tertiary/aromatic N) is 1. The van der Waals surface area contributed by atoms with E-state index in [0.717, 1.165) is 32.0 Å². The molecular formula is C11H13FN2O2. The molecule has 1 heterocycles. The fourth-order valence-electron chi connectivity index (χ4n) is 2.08. The number of nitro benzene ring substituents is 1. The summed E-state index contributed by atoms with van der Waals surface area (Å²) in [6, 6.07) is 3.90. The van der Waals surface area contributed by atoms with E-state index < -0.39 is 10.7 Å². The molecule has 0 radical (unpaired) electrons. The van der Waals surface area contributed by atoms with Gasteiger partial charge in [-0.05, 0) is 36.9 Å². The monoisotopic (exact) mass is 224 g/mol. The molecule has 0 bridgehead atoms. The molecule has 0 spiro atoms. The normalized spacial score (nSPS) is 20.7. The minimum absolute atomic E-state index is 0.134. The van der Waals surface area contributed by atoms with Crippen molar-refractivity contribution in [3.05, 3.63) is 39.7 Å². The first-order valence-electron chi connectivity index (χ1n) is 5.33. The van der Waals surface area contributed by atoms with Crippen LogP contribution in [-0.4, -0.2) is 18.0 Å². The van der Waals surface area contributed by atoms with E-state index in [1.54, 1.807) is 0 Å². The van der Waals surface area contributed by atoms with Gasteiger partial charge in [-0.25, -0.2) is 4.39 Å². The predicted octanol–water partition coefficient (Wildman–Crippen LogP) is 2.20. The van der Waals surface area contributed by atoms with Gasteiger partial charge in [0.15, 0.2) is 0 Å². The molecule has 1 aliphatic heterocycles. The molecule has 0 amide bonds. The quantitative estimate of drug-likeness (QED) is 0.619. The zero-order valence-corrected chi connectivity index (χ0v) is 8.78. The summed E-state index contributed by atoms with van der Waals surface area (Å²) >= 11 is 0. The lowest BCUT2D eigenvalue weighted by molar-refractivity contribution is -0.385. The molecule has 1 fully saturated rings. The van der Waals surface area contributed by atoms with Gasteiger partial charge in [0.05, 0.1) is 11.0 Å². The average molecular weight is 224 g/mol. The van der Waals surface area contributed by atoms with Crippen LogP contribution >= 0.6 is 0 Å². The third kappa shape index (κ3) is 2.19. The molecule has 1 aromatic rings. The Kier molecular flexibility index (Phi) is 3.14. The van der Waals surface area contributed by atoms with Crippen molar-refractivity contribution in [2.75, 3.05) is 13.1 Å². The van der Waals surface area contributed by atoms with Gasteiger partial charge in [-0.3, -0.25) is 10.1 Å². The van der Waals surface area contributed by atoms with Crippen LogP contribution in [0.25, 0.3) is 0 Å². The zero-order valence-electron chi connectivity index (χ0n) is 8.78. The van der Waals surface area contributed by atoms with Crippen LogP contribution in [0.2, 0.25) is 0 Å². The third-order valence-electron chi connectivity index (χ3n) is 2.93. The van der Waals surface area contributed by atoms with Crippen LogP contribution in [0.3, 0.4) is 0 Å². The summed E-state index contributed by atoms with van der Waals surface area (Å²) in [6.07, 6.45) is 1.95. The molecule has 1 aromatic carbocycles. The smallest absolute Gasteiger partial charge is 0.272 e. The van der Waals surface area contributed by atoms with E-state index in [1.165, 1.54) is 12.1 Å². The molecule has 1 aliphatic rings. The first-order chi connectivity index (χ1) is 7.68. The maximum absolute atomic E-state index is 13.7. The van der Waals surface area contributed by atoms with Gasteiger partial charge in [0.25, 0.3) is 5.69 Å². The molecule has 1 saturated heterocycles. The lowest BCUT2D eigenvalue weighted by Crippen LogP contribution is -2.28. The minimum atomic E-state index is -0.577. The highest BCUT2D eigenvalue weighted by molar-refractivity contribution is 5.36. The predicted molar refractivity (Wildman–Crippen MR) is 57.9 cm³/mol. The number of rotatable bonds is 2. The molecule has 5 heteroatoms. The lowest BCUT2D eigenvalue weighted by Gasteiger charge is -2.23. The molecule has 4 nitrogen and oxygen atoms in total. The molecule has 0 aromatic heterocycles. The molecule has 1 atom stereocenters. The van der Waals surface area contributed by atoms with Gasteiger partial charge in [-0.1, -0.05) is 0 Å². The van der Waals surface area contributed by atoms with Crippen LogP contribution in [0.1, 0.15) is 24.3 Å². The van der Waals surface area contributed by atoms with Crippen molar-refractivity contribution >= 4 is 5.69 Å². The second kappa shape index (κ2) is 4.57. The van der Waals surface area contributed by atoms with E-state index >= 15 is 0 Å². The molecule has 86 valence electrons. The standard InChI is InChI=1S/C11H13FN2O2/c12-11-6-9(14(15)16)3-4-10(11)8-2-1-5-13-7-8/h3-4,6,8,13H,1-2,5,7H2. The number of benzene rings is 1. The molecule has 16 heavy (non-hydrogen) atoms. The van der Waals surface area contributed by atoms with E-state index in [9.17, 15) is 14.5 Å². The Labute approximate surface area is 92.6 Å². The Hall–Kier alpha value is -1.49. The van der Waals surface area contributed by atoms with Gasteiger partial charge in [0, 0.05) is 12.6 Å². The molecule has 1 N–H and O–H groups in total. The second-order valence-electron chi connectivity index (χ2n) is 4.01. The third-order valence-corrected chi connectivity index (χ3v) is 2.93. The van der Waals surface area contributed by atoms with Crippen LogP contribution in [-0.2, 0) is 0 Å². The van der Waals surface area contributed by atoms with Crippen molar-refractivity contribution in [3.8, 4) is 0 Å². The van der Waals surface area contributed by atoms with Crippen LogP contribution < -0.4 is 5.32 Å². The van der Waals surface area contributed by atoms with Crippen LogP contribution in [0.15, 0.2) is 18.2 Å². The van der Waals surface area contributed by atoms with Crippen molar-refractivity contribution in [1.82, 2.24) is 5.32 Å². The molecule has 0 aliphatic carbocycles. The average Bonchev–Trinajstić information content (AvgIpc) is 2.30. The Morgan fingerprint density at radius 2 is 2.31 bits per heavy atom. The number of hydrogen-bond donors (Lipinski definition) is 1. The molecule has 0 saturated carbocycles. The van der Waals surface area contributed by atoms with Crippen LogP contribution in [0.5, 0.6) is 0 Å². The number of piperidine rings is 1. The zero-order chi connectivity index (χ0) is 11.5. The summed E-state index contributed by atoms with van der Waals surface area (Å²) in [4.78, 5) is 9.89. The first-order valence-corrected chi connectivity index (χ1v) is 5.33. The summed E-state index contributed by atoms with van der Waals surface area (Å²) in [5.74, 6) is -0.336. The molecular weight excluding hydrogens is 211 g/mol. The van der Waals surface area contributed by atoms with Crippen molar-refractivity contribution < 1.29 is 9.31 Å². The SMILES string of the molecule is O=[N+]([O-])c1ccc(C2CCCNC2)c(F)c1. The molecule has 2 rings (SSSR count). The summed E-state index contributed by atoms with van der Waals surface area (Å²) in [6.45, 7) is 1.71. The Morgan fingerprint density at radius 3 is 2.88 bits per heavy atom. The lowest BCUT2D eigenvalue weighted by atomic mass is 9.91. The van der Waals surface area contributed by atoms with Crippen LogP contribution in [0.4, 0.5) is 10.1 Å². The number of non-ortho nitro benzene ring substituents is 1.